The van der Waals surface area contributed by atoms with Gasteiger partial charge in [0.2, 0.25) is 0 Å². The Hall–Kier alpha value is -1.41. The molecule has 2 saturated heterocycles. The molecule has 11 nitrogen and oxygen atoms in total. The fourth-order valence-electron chi connectivity index (χ4n) is 10.0. The van der Waals surface area contributed by atoms with Gasteiger partial charge in [0, 0.05) is 30.9 Å². The maximum atomic E-state index is 12.6. The molecule has 11 heteroatoms. The van der Waals surface area contributed by atoms with Gasteiger partial charge >= 0.3 is 5.97 Å². The van der Waals surface area contributed by atoms with Crippen LogP contribution in [0.5, 0.6) is 0 Å². The van der Waals surface area contributed by atoms with Gasteiger partial charge in [-0.15, -0.1) is 0 Å². The number of cyclic esters (lactones) is 1. The number of carbonyl (C=O) groups is 1. The summed E-state index contributed by atoms with van der Waals surface area (Å²) in [6.07, 6.45) is -2.03. The molecule has 5 fully saturated rings. The standard InChI is InChI=1S/C30H42O11/c1-13-7-19(37-4)22(33)26(39-13)40-18-9-15-10-20-30(41-20)24(27(15,2)11-17(18)31)23(34)25(35)28(3)16(5-6-29(28,30)36)14-8-21(32)38-12-14/h8-9,13,16-20,22-26,31,33-36H,5-7,10-12H2,1-4H3/t13-,16-,17-,18-,19-,20+,22+,23+,24-,25-,26+,27+,28+,29-,30+/m1/s1. The number of fused-ring (bicyclic) bond motifs is 3. The first-order valence-electron chi connectivity index (χ1n) is 14.9. The molecule has 0 aromatic carbocycles. The minimum Gasteiger partial charge on any atom is -0.458 e. The lowest BCUT2D eigenvalue weighted by atomic mass is 9.42. The lowest BCUT2D eigenvalue weighted by Gasteiger charge is -2.63. The maximum Gasteiger partial charge on any atom is 0.331 e. The minimum atomic E-state index is -1.47. The Kier molecular flexibility index (Phi) is 6.27. The van der Waals surface area contributed by atoms with E-state index in [9.17, 15) is 30.3 Å². The molecule has 4 aliphatic carbocycles. The van der Waals surface area contributed by atoms with Crippen molar-refractivity contribution in [3.05, 3.63) is 23.3 Å². The van der Waals surface area contributed by atoms with Gasteiger partial charge in [-0.25, -0.2) is 4.79 Å². The molecule has 0 aromatic rings. The smallest absolute Gasteiger partial charge is 0.331 e. The number of rotatable bonds is 4. The van der Waals surface area contributed by atoms with Crippen LogP contribution in [0.1, 0.15) is 52.9 Å². The first-order valence-corrected chi connectivity index (χ1v) is 14.9. The van der Waals surface area contributed by atoms with Crippen LogP contribution >= 0.6 is 0 Å². The highest BCUT2D eigenvalue weighted by Crippen LogP contribution is 2.77. The highest BCUT2D eigenvalue weighted by Gasteiger charge is 2.88. The molecule has 15 atom stereocenters. The van der Waals surface area contributed by atoms with Crippen molar-refractivity contribution in [2.75, 3.05) is 13.7 Å². The van der Waals surface area contributed by atoms with E-state index in [0.717, 1.165) is 11.1 Å². The van der Waals surface area contributed by atoms with Crippen molar-refractivity contribution in [1.29, 1.82) is 0 Å². The monoisotopic (exact) mass is 578 g/mol. The van der Waals surface area contributed by atoms with E-state index in [-0.39, 0.29) is 25.0 Å². The zero-order valence-corrected chi connectivity index (χ0v) is 23.9. The lowest BCUT2D eigenvalue weighted by molar-refractivity contribution is -0.288. The Labute approximate surface area is 239 Å². The van der Waals surface area contributed by atoms with Crippen LogP contribution in [0.3, 0.4) is 0 Å². The molecule has 0 unspecified atom stereocenters. The molecule has 7 rings (SSSR count). The van der Waals surface area contributed by atoms with Gasteiger partial charge < -0.3 is 49.2 Å². The predicted molar refractivity (Wildman–Crippen MR) is 140 cm³/mol. The molecule has 3 aliphatic heterocycles. The van der Waals surface area contributed by atoms with Crippen LogP contribution in [0.25, 0.3) is 0 Å². The summed E-state index contributed by atoms with van der Waals surface area (Å²) in [5, 5.41) is 58.4. The number of hydrogen-bond donors (Lipinski definition) is 5. The number of aliphatic hydroxyl groups excluding tert-OH is 4. The summed E-state index contributed by atoms with van der Waals surface area (Å²) in [5.41, 5.74) is -2.91. The van der Waals surface area contributed by atoms with E-state index in [1.165, 1.54) is 13.2 Å². The van der Waals surface area contributed by atoms with Crippen LogP contribution in [-0.2, 0) is 28.5 Å². The highest BCUT2D eigenvalue weighted by atomic mass is 16.7. The van der Waals surface area contributed by atoms with Crippen molar-refractivity contribution in [3.63, 3.8) is 0 Å². The molecule has 1 spiro atoms. The summed E-state index contributed by atoms with van der Waals surface area (Å²) in [5.74, 6) is -1.48. The van der Waals surface area contributed by atoms with E-state index >= 15 is 0 Å². The molecule has 0 bridgehead atoms. The molecule has 228 valence electrons. The van der Waals surface area contributed by atoms with Gasteiger partial charge in [-0.05, 0) is 49.5 Å². The molecule has 3 heterocycles. The van der Waals surface area contributed by atoms with Crippen LogP contribution in [0.2, 0.25) is 0 Å². The largest absolute Gasteiger partial charge is 0.458 e. The fraction of sp³-hybridized carbons (Fsp3) is 0.833. The third kappa shape index (κ3) is 3.49. The van der Waals surface area contributed by atoms with Crippen LogP contribution in [0.15, 0.2) is 23.3 Å². The molecule has 0 radical (unpaired) electrons. The predicted octanol–water partition coefficient (Wildman–Crippen LogP) is 0.103. The Morgan fingerprint density at radius 3 is 2.56 bits per heavy atom. The van der Waals surface area contributed by atoms with Crippen LogP contribution in [0.4, 0.5) is 0 Å². The van der Waals surface area contributed by atoms with Crippen molar-refractivity contribution in [1.82, 2.24) is 0 Å². The topological polar surface area (TPSA) is 168 Å². The van der Waals surface area contributed by atoms with Crippen LogP contribution in [0, 0.1) is 22.7 Å². The number of methoxy groups -OCH3 is 1. The Balaban J connectivity index is 1.22. The third-order valence-electron chi connectivity index (χ3n) is 12.1. The normalized spacial score (nSPS) is 57.5. The second-order valence-electron chi connectivity index (χ2n) is 13.9. The quantitative estimate of drug-likeness (QED) is 0.174. The summed E-state index contributed by atoms with van der Waals surface area (Å²) in [7, 11) is 1.53. The molecule has 7 aliphatic rings. The van der Waals surface area contributed by atoms with Crippen molar-refractivity contribution in [3.8, 4) is 0 Å². The highest BCUT2D eigenvalue weighted by molar-refractivity contribution is 5.85. The number of aliphatic hydroxyl groups is 5. The summed E-state index contributed by atoms with van der Waals surface area (Å²) < 4.78 is 29.0. The van der Waals surface area contributed by atoms with Crippen LogP contribution < -0.4 is 0 Å². The number of esters is 1. The van der Waals surface area contributed by atoms with Gasteiger partial charge in [0.15, 0.2) is 6.29 Å². The van der Waals surface area contributed by atoms with Crippen LogP contribution in [-0.4, -0.2) is 112 Å². The van der Waals surface area contributed by atoms with E-state index in [1.807, 2.05) is 19.9 Å². The number of carbonyl (C=O) groups excluding carboxylic acids is 1. The van der Waals surface area contributed by atoms with Gasteiger partial charge in [-0.2, -0.15) is 0 Å². The SMILES string of the molecule is CO[C@@H]1C[C@@H](C)O[C@@H](O[C@@H]2C=C3C[C@@H]4O[C@]45[C@H]([C@H](O)[C@@H](O)[C@]4(C)[C@@H](C6=CC(=O)OC6)CC[C@@]45O)[C@@]3(C)C[C@H]2O)[C@H]1O. The second-order valence-corrected chi connectivity index (χ2v) is 13.9. The zero-order valence-electron chi connectivity index (χ0n) is 23.9. The number of hydrogen-bond acceptors (Lipinski definition) is 11. The first kappa shape index (κ1) is 28.4. The number of epoxide rings is 1. The summed E-state index contributed by atoms with van der Waals surface area (Å²) in [6.45, 7) is 5.74. The molecular weight excluding hydrogens is 536 g/mol. The van der Waals surface area contributed by atoms with Gasteiger partial charge in [0.1, 0.15) is 30.0 Å². The lowest BCUT2D eigenvalue weighted by Crippen LogP contribution is -2.76. The molecule has 0 amide bonds. The maximum absolute atomic E-state index is 12.6. The number of ether oxygens (including phenoxy) is 5. The third-order valence-corrected chi connectivity index (χ3v) is 12.1. The van der Waals surface area contributed by atoms with Crippen molar-refractivity contribution >= 4 is 5.97 Å². The van der Waals surface area contributed by atoms with Gasteiger partial charge in [0.25, 0.3) is 0 Å². The minimum absolute atomic E-state index is 0.111. The molecule has 3 saturated carbocycles. The van der Waals surface area contributed by atoms with Crippen molar-refractivity contribution in [2.24, 2.45) is 22.7 Å². The average molecular weight is 579 g/mol. The molecular formula is C30H42O11. The molecule has 0 aromatic heterocycles. The average Bonchev–Trinajstić information content (AvgIpc) is 3.36. The van der Waals surface area contributed by atoms with E-state index < -0.39 is 82.9 Å². The molecule has 5 N–H and O–H groups in total. The first-order chi connectivity index (χ1) is 19.3. The van der Waals surface area contributed by atoms with Gasteiger partial charge in [0.05, 0.1) is 36.6 Å². The summed E-state index contributed by atoms with van der Waals surface area (Å²) in [6, 6.07) is 0. The Morgan fingerprint density at radius 2 is 1.88 bits per heavy atom. The summed E-state index contributed by atoms with van der Waals surface area (Å²) in [4.78, 5) is 11.9. The van der Waals surface area contributed by atoms with Crippen molar-refractivity contribution < 1.29 is 54.0 Å². The van der Waals surface area contributed by atoms with E-state index in [4.69, 9.17) is 23.7 Å². The summed E-state index contributed by atoms with van der Waals surface area (Å²) >= 11 is 0. The van der Waals surface area contributed by atoms with E-state index in [1.54, 1.807) is 6.92 Å². The molecule has 41 heavy (non-hydrogen) atoms. The van der Waals surface area contributed by atoms with E-state index in [0.29, 0.717) is 25.7 Å². The fourth-order valence-corrected chi connectivity index (χ4v) is 10.0. The van der Waals surface area contributed by atoms with Gasteiger partial charge in [-0.3, -0.25) is 0 Å². The van der Waals surface area contributed by atoms with Gasteiger partial charge in [-0.1, -0.05) is 25.5 Å². The zero-order chi connectivity index (χ0) is 29.3. The van der Waals surface area contributed by atoms with Crippen molar-refractivity contribution in [2.45, 2.75) is 119 Å². The second kappa shape index (κ2) is 9.06. The Bertz CT molecular complexity index is 1190. The van der Waals surface area contributed by atoms with E-state index in [2.05, 4.69) is 0 Å². The Morgan fingerprint density at radius 1 is 1.12 bits per heavy atom.